The maximum atomic E-state index is 11.1. The average Bonchev–Trinajstić information content (AvgIpc) is 2.26. The van der Waals surface area contributed by atoms with Crippen LogP contribution in [0, 0.1) is 0 Å². The number of benzene rings is 1. The number of ether oxygens (including phenoxy) is 1. The van der Waals surface area contributed by atoms with E-state index in [1.165, 1.54) is 6.07 Å². The zero-order valence-corrected chi connectivity index (χ0v) is 11.0. The molecule has 0 unspecified atom stereocenters. The van der Waals surface area contributed by atoms with Gasteiger partial charge in [0.1, 0.15) is 0 Å². The van der Waals surface area contributed by atoms with Gasteiger partial charge in [-0.2, -0.15) is 0 Å². The molecule has 4 N–H and O–H groups in total. The average molecular weight is 252 g/mol. The van der Waals surface area contributed by atoms with Gasteiger partial charge in [0.25, 0.3) is 0 Å². The van der Waals surface area contributed by atoms with Crippen molar-refractivity contribution >= 4 is 17.3 Å². The summed E-state index contributed by atoms with van der Waals surface area (Å²) in [6, 6.07) is 4.81. The highest BCUT2D eigenvalue weighted by atomic mass is 16.5. The highest BCUT2D eigenvalue weighted by molar-refractivity contribution is 5.97. The Morgan fingerprint density at radius 1 is 1.50 bits per heavy atom. The van der Waals surface area contributed by atoms with Crippen molar-refractivity contribution in [2.24, 2.45) is 0 Å². The first-order valence-electron chi connectivity index (χ1n) is 5.87. The van der Waals surface area contributed by atoms with Crippen molar-refractivity contribution in [2.75, 3.05) is 24.2 Å². The van der Waals surface area contributed by atoms with Gasteiger partial charge in [0.15, 0.2) is 0 Å². The van der Waals surface area contributed by atoms with Crippen LogP contribution in [0.4, 0.5) is 11.4 Å². The van der Waals surface area contributed by atoms with E-state index in [0.29, 0.717) is 24.5 Å². The minimum absolute atomic E-state index is 0.169. The Balaban J connectivity index is 2.87. The molecule has 1 rings (SSSR count). The number of carbonyl (C=O) groups is 1. The highest BCUT2D eigenvalue weighted by Crippen LogP contribution is 2.24. The molecule has 0 heterocycles. The summed E-state index contributed by atoms with van der Waals surface area (Å²) >= 11 is 0. The lowest BCUT2D eigenvalue weighted by atomic mass is 10.1. The zero-order valence-electron chi connectivity index (χ0n) is 11.0. The molecule has 0 radical (unpaired) electrons. The number of nitrogens with one attached hydrogen (secondary N) is 1. The Bertz CT molecular complexity index is 430. The Hall–Kier alpha value is -1.75. The standard InChI is InChI=1S/C13H20N2O3/c1-4-18-13(2,3)8-15-11-9(12(16)17)6-5-7-10(11)14/h5-7,15H,4,8,14H2,1-3H3,(H,16,17). The number of nitrogens with two attached hydrogens (primary N) is 1. The number of rotatable bonds is 6. The van der Waals surface area contributed by atoms with Gasteiger partial charge in [0.05, 0.1) is 22.5 Å². The number of hydrogen-bond donors (Lipinski definition) is 3. The number of nitrogen functional groups attached to an aromatic ring is 1. The second-order valence-electron chi connectivity index (χ2n) is 4.62. The summed E-state index contributed by atoms with van der Waals surface area (Å²) in [7, 11) is 0. The second-order valence-corrected chi connectivity index (χ2v) is 4.62. The van der Waals surface area contributed by atoms with E-state index in [1.807, 2.05) is 20.8 Å². The third-order valence-corrected chi connectivity index (χ3v) is 2.55. The Labute approximate surface area is 107 Å². The van der Waals surface area contributed by atoms with Crippen LogP contribution in [0.2, 0.25) is 0 Å². The lowest BCUT2D eigenvalue weighted by molar-refractivity contribution is 0.000671. The Morgan fingerprint density at radius 2 is 2.17 bits per heavy atom. The third-order valence-electron chi connectivity index (χ3n) is 2.55. The maximum Gasteiger partial charge on any atom is 0.337 e. The van der Waals surface area contributed by atoms with Gasteiger partial charge in [-0.25, -0.2) is 4.79 Å². The number of para-hydroxylation sites is 1. The predicted molar refractivity (Wildman–Crippen MR) is 72.0 cm³/mol. The van der Waals surface area contributed by atoms with Crippen LogP contribution in [0.5, 0.6) is 0 Å². The predicted octanol–water partition coefficient (Wildman–Crippen LogP) is 2.19. The van der Waals surface area contributed by atoms with E-state index in [9.17, 15) is 4.79 Å². The van der Waals surface area contributed by atoms with Crippen molar-refractivity contribution in [2.45, 2.75) is 26.4 Å². The van der Waals surface area contributed by atoms with E-state index in [2.05, 4.69) is 5.32 Å². The molecule has 100 valence electrons. The van der Waals surface area contributed by atoms with Crippen LogP contribution in [0.15, 0.2) is 18.2 Å². The van der Waals surface area contributed by atoms with Gasteiger partial charge in [-0.15, -0.1) is 0 Å². The molecule has 0 aromatic heterocycles. The quantitative estimate of drug-likeness (QED) is 0.676. The molecule has 5 nitrogen and oxygen atoms in total. The molecule has 0 amide bonds. The number of carboxylic acid groups (broad SMARTS) is 1. The van der Waals surface area contributed by atoms with Crippen molar-refractivity contribution < 1.29 is 14.6 Å². The highest BCUT2D eigenvalue weighted by Gasteiger charge is 2.19. The van der Waals surface area contributed by atoms with Crippen LogP contribution >= 0.6 is 0 Å². The molecule has 1 aromatic carbocycles. The molecule has 0 bridgehead atoms. The smallest absolute Gasteiger partial charge is 0.337 e. The Morgan fingerprint density at radius 3 is 2.72 bits per heavy atom. The van der Waals surface area contributed by atoms with Crippen LogP contribution in [0.3, 0.4) is 0 Å². The number of anilines is 2. The monoisotopic (exact) mass is 252 g/mol. The zero-order chi connectivity index (χ0) is 13.8. The lowest BCUT2D eigenvalue weighted by Crippen LogP contribution is -2.34. The normalized spacial score (nSPS) is 11.3. The van der Waals surface area contributed by atoms with Gasteiger partial charge in [0, 0.05) is 13.2 Å². The van der Waals surface area contributed by atoms with E-state index < -0.39 is 5.97 Å². The van der Waals surface area contributed by atoms with Crippen molar-refractivity contribution in [3.8, 4) is 0 Å². The first-order valence-corrected chi connectivity index (χ1v) is 5.87. The fourth-order valence-electron chi connectivity index (χ4n) is 1.69. The molecule has 0 aliphatic carbocycles. The van der Waals surface area contributed by atoms with Gasteiger partial charge < -0.3 is 20.9 Å². The van der Waals surface area contributed by atoms with Crippen LogP contribution in [0.25, 0.3) is 0 Å². The van der Waals surface area contributed by atoms with Crippen LogP contribution in [0.1, 0.15) is 31.1 Å². The van der Waals surface area contributed by atoms with Crippen LogP contribution in [-0.4, -0.2) is 29.8 Å². The topological polar surface area (TPSA) is 84.6 Å². The molecule has 0 spiro atoms. The van der Waals surface area contributed by atoms with Gasteiger partial charge in [-0.05, 0) is 32.9 Å². The minimum atomic E-state index is -1.00. The minimum Gasteiger partial charge on any atom is -0.478 e. The Kier molecular flexibility index (Phi) is 4.55. The molecule has 0 atom stereocenters. The van der Waals surface area contributed by atoms with E-state index in [-0.39, 0.29) is 11.2 Å². The van der Waals surface area contributed by atoms with Gasteiger partial charge in [-0.3, -0.25) is 0 Å². The van der Waals surface area contributed by atoms with Crippen molar-refractivity contribution in [1.82, 2.24) is 0 Å². The number of hydrogen-bond acceptors (Lipinski definition) is 4. The fraction of sp³-hybridized carbons (Fsp3) is 0.462. The van der Waals surface area contributed by atoms with E-state index in [4.69, 9.17) is 15.6 Å². The molecule has 0 saturated heterocycles. The lowest BCUT2D eigenvalue weighted by Gasteiger charge is -2.26. The molecule has 5 heteroatoms. The molecule has 1 aromatic rings. The summed E-state index contributed by atoms with van der Waals surface area (Å²) in [6.07, 6.45) is 0. The molecular formula is C13H20N2O3. The summed E-state index contributed by atoms with van der Waals surface area (Å²) in [6.45, 7) is 6.87. The number of carboxylic acids is 1. The molecule has 0 aliphatic heterocycles. The first-order chi connectivity index (χ1) is 8.37. The third kappa shape index (κ3) is 3.63. The molecule has 0 saturated carbocycles. The summed E-state index contributed by atoms with van der Waals surface area (Å²) in [5, 5.41) is 12.2. The van der Waals surface area contributed by atoms with E-state index in [1.54, 1.807) is 12.1 Å². The molecule has 0 aliphatic rings. The second kappa shape index (κ2) is 5.73. The van der Waals surface area contributed by atoms with Crippen molar-refractivity contribution in [1.29, 1.82) is 0 Å². The summed E-state index contributed by atoms with van der Waals surface area (Å²) in [5.74, 6) is -1.00. The van der Waals surface area contributed by atoms with E-state index >= 15 is 0 Å². The maximum absolute atomic E-state index is 11.1. The van der Waals surface area contributed by atoms with Gasteiger partial charge >= 0.3 is 5.97 Å². The molecule has 18 heavy (non-hydrogen) atoms. The van der Waals surface area contributed by atoms with Gasteiger partial charge in [-0.1, -0.05) is 6.07 Å². The van der Waals surface area contributed by atoms with Crippen LogP contribution < -0.4 is 11.1 Å². The molecular weight excluding hydrogens is 232 g/mol. The SMILES string of the molecule is CCOC(C)(C)CNc1c(N)cccc1C(=O)O. The fourth-order valence-corrected chi connectivity index (χ4v) is 1.69. The summed E-state index contributed by atoms with van der Waals surface area (Å²) in [4.78, 5) is 11.1. The summed E-state index contributed by atoms with van der Waals surface area (Å²) in [5.41, 5.74) is 6.44. The van der Waals surface area contributed by atoms with Crippen LogP contribution in [-0.2, 0) is 4.74 Å². The van der Waals surface area contributed by atoms with Crippen molar-refractivity contribution in [3.05, 3.63) is 23.8 Å². The van der Waals surface area contributed by atoms with E-state index in [0.717, 1.165) is 0 Å². The number of aromatic carboxylic acids is 1. The summed E-state index contributed by atoms with van der Waals surface area (Å²) < 4.78 is 5.54. The van der Waals surface area contributed by atoms with Gasteiger partial charge in [0.2, 0.25) is 0 Å². The molecule has 0 fully saturated rings. The van der Waals surface area contributed by atoms with Crippen molar-refractivity contribution in [3.63, 3.8) is 0 Å². The first kappa shape index (κ1) is 14.3. The largest absolute Gasteiger partial charge is 0.478 e.